The van der Waals surface area contributed by atoms with Gasteiger partial charge < -0.3 is 11.1 Å². The van der Waals surface area contributed by atoms with Crippen LogP contribution in [0.2, 0.25) is 0 Å². The molecule has 2 aromatic rings. The van der Waals surface area contributed by atoms with Crippen molar-refractivity contribution in [3.05, 3.63) is 34.8 Å². The van der Waals surface area contributed by atoms with E-state index in [1.165, 1.54) is 5.56 Å². The molecule has 0 fully saturated rings. The van der Waals surface area contributed by atoms with Crippen LogP contribution in [0.1, 0.15) is 5.56 Å². The smallest absolute Gasteiger partial charge is 0.144 e. The second-order valence-corrected chi connectivity index (χ2v) is 3.91. The molecule has 0 aromatic carbocycles. The van der Waals surface area contributed by atoms with Gasteiger partial charge >= 0.3 is 0 Å². The lowest BCUT2D eigenvalue weighted by molar-refractivity contribution is 1.01. The van der Waals surface area contributed by atoms with Gasteiger partial charge in [0.1, 0.15) is 11.6 Å². The number of hydrogen-bond donors (Lipinski definition) is 2. The Morgan fingerprint density at radius 1 is 1.33 bits per heavy atom. The van der Waals surface area contributed by atoms with Crippen LogP contribution in [0, 0.1) is 0 Å². The fraction of sp³-hybridized carbons (Fsp3) is 0.200. The lowest BCUT2D eigenvalue weighted by atomic mass is 10.2. The standard InChI is InChI=1S/C10H12N4S/c11-9-5-14-10(6-13-9)12-3-1-8-2-4-15-7-8/h2,4-7H,1,3H2,(H2,11,13)(H,12,14). The van der Waals surface area contributed by atoms with Gasteiger partial charge in [-0.3, -0.25) is 0 Å². The van der Waals surface area contributed by atoms with Crippen LogP contribution < -0.4 is 11.1 Å². The molecule has 0 unspecified atom stereocenters. The molecule has 3 N–H and O–H groups in total. The molecule has 0 aliphatic carbocycles. The van der Waals surface area contributed by atoms with Gasteiger partial charge in [-0.1, -0.05) is 0 Å². The van der Waals surface area contributed by atoms with Crippen molar-refractivity contribution in [1.29, 1.82) is 0 Å². The van der Waals surface area contributed by atoms with Gasteiger partial charge in [-0.15, -0.1) is 0 Å². The predicted octanol–water partition coefficient (Wildman–Crippen LogP) is 1.77. The van der Waals surface area contributed by atoms with Crippen molar-refractivity contribution in [1.82, 2.24) is 9.97 Å². The molecule has 0 saturated heterocycles. The zero-order chi connectivity index (χ0) is 10.5. The topological polar surface area (TPSA) is 63.8 Å². The van der Waals surface area contributed by atoms with Gasteiger partial charge in [0, 0.05) is 6.54 Å². The first-order chi connectivity index (χ1) is 7.34. The van der Waals surface area contributed by atoms with Crippen LogP contribution in [0.4, 0.5) is 11.6 Å². The lowest BCUT2D eigenvalue weighted by Crippen LogP contribution is -2.06. The highest BCUT2D eigenvalue weighted by molar-refractivity contribution is 7.07. The molecule has 0 bridgehead atoms. The second kappa shape index (κ2) is 4.75. The summed E-state index contributed by atoms with van der Waals surface area (Å²) in [4.78, 5) is 8.05. The van der Waals surface area contributed by atoms with Crippen LogP contribution in [-0.2, 0) is 6.42 Å². The van der Waals surface area contributed by atoms with Crippen LogP contribution in [0.5, 0.6) is 0 Å². The molecule has 0 radical (unpaired) electrons. The SMILES string of the molecule is Nc1cnc(NCCc2ccsc2)cn1. The van der Waals surface area contributed by atoms with Gasteiger partial charge in [0.05, 0.1) is 12.4 Å². The Balaban J connectivity index is 1.81. The summed E-state index contributed by atoms with van der Waals surface area (Å²) in [6.07, 6.45) is 4.19. The van der Waals surface area contributed by atoms with E-state index in [0.717, 1.165) is 18.8 Å². The summed E-state index contributed by atoms with van der Waals surface area (Å²) in [6.45, 7) is 0.856. The Hall–Kier alpha value is -1.62. The van der Waals surface area contributed by atoms with Gasteiger partial charge in [0.15, 0.2) is 0 Å². The number of hydrogen-bond acceptors (Lipinski definition) is 5. The number of nitrogens with one attached hydrogen (secondary N) is 1. The molecule has 0 aliphatic heterocycles. The molecule has 2 heterocycles. The minimum absolute atomic E-state index is 0.443. The van der Waals surface area contributed by atoms with Gasteiger partial charge in [-0.05, 0) is 28.8 Å². The van der Waals surface area contributed by atoms with Crippen molar-refractivity contribution < 1.29 is 0 Å². The lowest BCUT2D eigenvalue weighted by Gasteiger charge is -2.03. The summed E-state index contributed by atoms with van der Waals surface area (Å²) >= 11 is 1.72. The Morgan fingerprint density at radius 3 is 2.93 bits per heavy atom. The minimum Gasteiger partial charge on any atom is -0.382 e. The van der Waals surface area contributed by atoms with Gasteiger partial charge in [0.25, 0.3) is 0 Å². The molecule has 0 amide bonds. The Kier molecular flexibility index (Phi) is 3.14. The number of nitrogens with zero attached hydrogens (tertiary/aromatic N) is 2. The van der Waals surface area contributed by atoms with Crippen molar-refractivity contribution in [2.45, 2.75) is 6.42 Å². The number of aromatic nitrogens is 2. The van der Waals surface area contributed by atoms with Gasteiger partial charge in [-0.25, -0.2) is 9.97 Å². The average Bonchev–Trinajstić information content (AvgIpc) is 2.74. The molecule has 15 heavy (non-hydrogen) atoms. The quantitative estimate of drug-likeness (QED) is 0.824. The Labute approximate surface area is 92.2 Å². The van der Waals surface area contributed by atoms with E-state index < -0.39 is 0 Å². The molecule has 0 spiro atoms. The van der Waals surface area contributed by atoms with Gasteiger partial charge in [0.2, 0.25) is 0 Å². The summed E-state index contributed by atoms with van der Waals surface area (Å²) < 4.78 is 0. The van der Waals surface area contributed by atoms with E-state index in [1.54, 1.807) is 23.7 Å². The molecule has 5 heteroatoms. The number of anilines is 2. The molecule has 0 saturated carbocycles. The maximum absolute atomic E-state index is 5.43. The Bertz CT molecular complexity index is 396. The van der Waals surface area contributed by atoms with Crippen LogP contribution >= 0.6 is 11.3 Å². The number of nitrogens with two attached hydrogens (primary N) is 1. The molecule has 4 nitrogen and oxygen atoms in total. The normalized spacial score (nSPS) is 10.1. The van der Waals surface area contributed by atoms with Crippen molar-refractivity contribution in [3.63, 3.8) is 0 Å². The maximum atomic E-state index is 5.43. The first kappa shape index (κ1) is 9.92. The van der Waals surface area contributed by atoms with E-state index in [0.29, 0.717) is 5.82 Å². The number of rotatable bonds is 4. The van der Waals surface area contributed by atoms with E-state index in [1.807, 2.05) is 0 Å². The second-order valence-electron chi connectivity index (χ2n) is 3.13. The molecule has 0 aliphatic rings. The summed E-state index contributed by atoms with van der Waals surface area (Å²) in [6, 6.07) is 2.13. The van der Waals surface area contributed by atoms with Crippen molar-refractivity contribution in [2.75, 3.05) is 17.6 Å². The maximum Gasteiger partial charge on any atom is 0.144 e. The molecule has 78 valence electrons. The van der Waals surface area contributed by atoms with E-state index in [-0.39, 0.29) is 0 Å². The minimum atomic E-state index is 0.443. The van der Waals surface area contributed by atoms with Crippen LogP contribution in [0.15, 0.2) is 29.2 Å². The van der Waals surface area contributed by atoms with Crippen LogP contribution in [-0.4, -0.2) is 16.5 Å². The van der Waals surface area contributed by atoms with Crippen LogP contribution in [0.25, 0.3) is 0 Å². The average molecular weight is 220 g/mol. The monoisotopic (exact) mass is 220 g/mol. The molecule has 2 rings (SSSR count). The summed E-state index contributed by atoms with van der Waals surface area (Å²) in [5, 5.41) is 7.42. The first-order valence-corrected chi connectivity index (χ1v) is 5.61. The van der Waals surface area contributed by atoms with E-state index >= 15 is 0 Å². The third kappa shape index (κ3) is 2.92. The molecular weight excluding hydrogens is 208 g/mol. The largest absolute Gasteiger partial charge is 0.382 e. The number of nitrogen functional groups attached to an aromatic ring is 1. The first-order valence-electron chi connectivity index (χ1n) is 4.67. The third-order valence-corrected chi connectivity index (χ3v) is 2.70. The fourth-order valence-electron chi connectivity index (χ4n) is 1.20. The highest BCUT2D eigenvalue weighted by atomic mass is 32.1. The number of thiophene rings is 1. The predicted molar refractivity (Wildman–Crippen MR) is 63.0 cm³/mol. The van der Waals surface area contributed by atoms with E-state index in [9.17, 15) is 0 Å². The van der Waals surface area contributed by atoms with Crippen LogP contribution in [0.3, 0.4) is 0 Å². The van der Waals surface area contributed by atoms with Crippen molar-refractivity contribution >= 4 is 23.0 Å². The zero-order valence-corrected chi connectivity index (χ0v) is 9.00. The summed E-state index contributed by atoms with van der Waals surface area (Å²) in [7, 11) is 0. The van der Waals surface area contributed by atoms with E-state index in [4.69, 9.17) is 5.73 Å². The highest BCUT2D eigenvalue weighted by Gasteiger charge is 1.95. The fourth-order valence-corrected chi connectivity index (χ4v) is 1.90. The molecular formula is C10H12N4S. The molecule has 2 aromatic heterocycles. The zero-order valence-electron chi connectivity index (χ0n) is 8.18. The Morgan fingerprint density at radius 2 is 2.27 bits per heavy atom. The van der Waals surface area contributed by atoms with Crippen molar-refractivity contribution in [3.8, 4) is 0 Å². The highest BCUT2D eigenvalue weighted by Crippen LogP contribution is 2.07. The summed E-state index contributed by atoms with van der Waals surface area (Å²) in [5.74, 6) is 1.21. The van der Waals surface area contributed by atoms with Crippen molar-refractivity contribution in [2.24, 2.45) is 0 Å². The third-order valence-electron chi connectivity index (χ3n) is 1.97. The van der Waals surface area contributed by atoms with Gasteiger partial charge in [-0.2, -0.15) is 11.3 Å². The van der Waals surface area contributed by atoms with E-state index in [2.05, 4.69) is 32.1 Å². The molecule has 0 atom stereocenters. The summed E-state index contributed by atoms with van der Waals surface area (Å²) in [5.41, 5.74) is 6.78.